The molecule has 0 unspecified atom stereocenters. The molecule has 13 rings (SSSR count). The summed E-state index contributed by atoms with van der Waals surface area (Å²) in [5, 5.41) is 10.1. The summed E-state index contributed by atoms with van der Waals surface area (Å²) < 4.78 is 2.37. The van der Waals surface area contributed by atoms with Crippen LogP contribution in [0.15, 0.2) is 273 Å². The first kappa shape index (κ1) is 40.1. The molecule has 0 fully saturated rings. The minimum absolute atomic E-state index is 1.09. The molecule has 0 spiro atoms. The Kier molecular flexibility index (Phi) is 9.84. The van der Waals surface area contributed by atoms with E-state index in [-0.39, 0.29) is 0 Å². The third kappa shape index (κ3) is 7.08. The van der Waals surface area contributed by atoms with Crippen molar-refractivity contribution in [3.05, 3.63) is 273 Å². The Morgan fingerprint density at radius 2 is 0.551 bits per heavy atom. The van der Waals surface area contributed by atoms with Crippen molar-refractivity contribution in [3.63, 3.8) is 0 Å². The number of hydrogen-bond donors (Lipinski definition) is 0. The molecule has 1 heterocycles. The van der Waals surface area contributed by atoms with Crippen LogP contribution in [0.2, 0.25) is 0 Å². The van der Waals surface area contributed by atoms with Crippen LogP contribution in [0.3, 0.4) is 0 Å². The summed E-state index contributed by atoms with van der Waals surface area (Å²) in [5.74, 6) is 0. The fourth-order valence-electron chi connectivity index (χ4n) is 10.5. The third-order valence-electron chi connectivity index (χ3n) is 13.7. The van der Waals surface area contributed by atoms with Gasteiger partial charge in [-0.15, -0.1) is 0 Å². The lowest BCUT2D eigenvalue weighted by molar-refractivity contribution is 1.18. The average Bonchev–Trinajstić information content (AvgIpc) is 3.76. The standard InChI is InChI=1S/C66H45N3/c1-4-16-50(17-5-1)67(51-18-6-2-7-19-51)53-35-28-46(29-36-53)47-30-37-54(38-31-47)68(56-41-42-61-59-24-11-10-22-57(59)58-23-12-13-25-60(58)63(61)45-56)55-39-32-48(33-40-55)49-34-43-66-64(44-49)62-26-14-15-27-65(62)69(66)52-20-8-3-9-21-52/h1-45H. The smallest absolute Gasteiger partial charge is 0.0541 e. The number of aromatic nitrogens is 1. The maximum Gasteiger partial charge on any atom is 0.0541 e. The molecule has 3 nitrogen and oxygen atoms in total. The van der Waals surface area contributed by atoms with Crippen molar-refractivity contribution in [2.75, 3.05) is 9.80 Å². The zero-order valence-corrected chi connectivity index (χ0v) is 37.8. The summed E-state index contributed by atoms with van der Waals surface area (Å²) in [6, 6.07) is 99.0. The van der Waals surface area contributed by atoms with Gasteiger partial charge in [0.15, 0.2) is 0 Å². The van der Waals surface area contributed by atoms with Gasteiger partial charge in [0, 0.05) is 50.6 Å². The lowest BCUT2D eigenvalue weighted by atomic mass is 9.94. The van der Waals surface area contributed by atoms with E-state index in [0.29, 0.717) is 0 Å². The molecule has 13 aromatic rings. The summed E-state index contributed by atoms with van der Waals surface area (Å²) in [4.78, 5) is 4.70. The molecule has 0 aliphatic rings. The van der Waals surface area contributed by atoms with Crippen molar-refractivity contribution >= 4 is 88.2 Å². The first-order valence-electron chi connectivity index (χ1n) is 23.7. The molecule has 0 saturated carbocycles. The van der Waals surface area contributed by atoms with Crippen molar-refractivity contribution in [3.8, 4) is 27.9 Å². The Morgan fingerprint density at radius 1 is 0.203 bits per heavy atom. The Balaban J connectivity index is 0.898. The topological polar surface area (TPSA) is 11.4 Å². The Morgan fingerprint density at radius 3 is 1.07 bits per heavy atom. The van der Waals surface area contributed by atoms with E-state index in [4.69, 9.17) is 0 Å². The monoisotopic (exact) mass is 879 g/mol. The highest BCUT2D eigenvalue weighted by molar-refractivity contribution is 6.26. The van der Waals surface area contributed by atoms with E-state index in [1.54, 1.807) is 0 Å². The van der Waals surface area contributed by atoms with Crippen molar-refractivity contribution < 1.29 is 0 Å². The molecule has 12 aromatic carbocycles. The van der Waals surface area contributed by atoms with Crippen LogP contribution in [0.4, 0.5) is 34.1 Å². The highest BCUT2D eigenvalue weighted by Crippen LogP contribution is 2.43. The molecule has 0 aliphatic carbocycles. The van der Waals surface area contributed by atoms with Gasteiger partial charge in [0.1, 0.15) is 0 Å². The van der Waals surface area contributed by atoms with E-state index in [9.17, 15) is 0 Å². The van der Waals surface area contributed by atoms with Crippen molar-refractivity contribution in [1.82, 2.24) is 4.57 Å². The van der Waals surface area contributed by atoms with Crippen LogP contribution in [-0.2, 0) is 0 Å². The number of anilines is 6. The summed E-state index contributed by atoms with van der Waals surface area (Å²) >= 11 is 0. The Hall–Kier alpha value is -9.18. The molecule has 0 amide bonds. The summed E-state index contributed by atoms with van der Waals surface area (Å²) in [6.07, 6.45) is 0. The summed E-state index contributed by atoms with van der Waals surface area (Å²) in [6.45, 7) is 0. The first-order valence-corrected chi connectivity index (χ1v) is 23.7. The number of benzene rings is 12. The molecule has 3 heteroatoms. The predicted molar refractivity (Wildman–Crippen MR) is 294 cm³/mol. The second-order valence-corrected chi connectivity index (χ2v) is 17.7. The Bertz CT molecular complexity index is 3900. The van der Waals surface area contributed by atoms with Crippen LogP contribution >= 0.6 is 0 Å². The van der Waals surface area contributed by atoms with E-state index in [2.05, 4.69) is 287 Å². The zero-order valence-electron chi connectivity index (χ0n) is 37.8. The van der Waals surface area contributed by atoms with Crippen molar-refractivity contribution in [2.45, 2.75) is 0 Å². The average molecular weight is 880 g/mol. The van der Waals surface area contributed by atoms with Gasteiger partial charge in [-0.3, -0.25) is 0 Å². The van der Waals surface area contributed by atoms with Gasteiger partial charge in [-0.05, 0) is 158 Å². The lowest BCUT2D eigenvalue weighted by Crippen LogP contribution is -2.10. The fourth-order valence-corrected chi connectivity index (χ4v) is 10.5. The molecule has 0 atom stereocenters. The molecule has 1 aromatic heterocycles. The maximum absolute atomic E-state index is 2.40. The van der Waals surface area contributed by atoms with Gasteiger partial charge < -0.3 is 14.4 Å². The normalized spacial score (nSPS) is 11.5. The molecule has 0 radical (unpaired) electrons. The van der Waals surface area contributed by atoms with Crippen LogP contribution in [0.25, 0.3) is 82.1 Å². The second kappa shape index (κ2) is 16.9. The highest BCUT2D eigenvalue weighted by Gasteiger charge is 2.18. The minimum Gasteiger partial charge on any atom is -0.311 e. The van der Waals surface area contributed by atoms with Gasteiger partial charge in [-0.1, -0.05) is 170 Å². The maximum atomic E-state index is 2.40. The van der Waals surface area contributed by atoms with Gasteiger partial charge in [0.05, 0.1) is 11.0 Å². The fraction of sp³-hybridized carbons (Fsp3) is 0. The zero-order chi connectivity index (χ0) is 45.7. The number of fused-ring (bicyclic) bond motifs is 9. The van der Waals surface area contributed by atoms with Gasteiger partial charge in [0.25, 0.3) is 0 Å². The van der Waals surface area contributed by atoms with Gasteiger partial charge in [0.2, 0.25) is 0 Å². The Labute approximate surface area is 401 Å². The molecule has 0 bridgehead atoms. The first-order chi connectivity index (χ1) is 34.2. The van der Waals surface area contributed by atoms with E-state index in [0.717, 1.165) is 50.9 Å². The van der Waals surface area contributed by atoms with Crippen LogP contribution in [-0.4, -0.2) is 4.57 Å². The molecule has 0 saturated heterocycles. The third-order valence-corrected chi connectivity index (χ3v) is 13.7. The van der Waals surface area contributed by atoms with Crippen LogP contribution in [0, 0.1) is 0 Å². The lowest BCUT2D eigenvalue weighted by Gasteiger charge is -2.27. The van der Waals surface area contributed by atoms with E-state index in [1.165, 1.54) is 65.3 Å². The number of hydrogen-bond acceptors (Lipinski definition) is 2. The van der Waals surface area contributed by atoms with Gasteiger partial charge in [-0.25, -0.2) is 0 Å². The van der Waals surface area contributed by atoms with Crippen molar-refractivity contribution in [2.24, 2.45) is 0 Å². The van der Waals surface area contributed by atoms with E-state index in [1.807, 2.05) is 0 Å². The number of para-hydroxylation sites is 4. The van der Waals surface area contributed by atoms with E-state index >= 15 is 0 Å². The number of nitrogens with zero attached hydrogens (tertiary/aromatic N) is 3. The molecule has 0 aliphatic heterocycles. The van der Waals surface area contributed by atoms with Gasteiger partial charge >= 0.3 is 0 Å². The quantitative estimate of drug-likeness (QED) is 0.134. The molecule has 0 N–H and O–H groups in total. The SMILES string of the molecule is c1ccc(N(c2ccccc2)c2ccc(-c3ccc(N(c4ccc(-c5ccc6c(c5)c5ccccc5n6-c5ccccc5)cc4)c4ccc5c6ccccc6c6ccccc6c5c4)cc3)cc2)cc1. The van der Waals surface area contributed by atoms with E-state index < -0.39 is 0 Å². The van der Waals surface area contributed by atoms with Crippen molar-refractivity contribution in [1.29, 1.82) is 0 Å². The number of rotatable bonds is 9. The molecular weight excluding hydrogens is 835 g/mol. The largest absolute Gasteiger partial charge is 0.311 e. The minimum atomic E-state index is 1.09. The second-order valence-electron chi connectivity index (χ2n) is 17.7. The molecule has 69 heavy (non-hydrogen) atoms. The van der Waals surface area contributed by atoms with Crippen LogP contribution < -0.4 is 9.80 Å². The van der Waals surface area contributed by atoms with Crippen LogP contribution in [0.5, 0.6) is 0 Å². The van der Waals surface area contributed by atoms with Gasteiger partial charge in [-0.2, -0.15) is 0 Å². The predicted octanol–water partition coefficient (Wildman–Crippen LogP) is 18.5. The highest BCUT2D eigenvalue weighted by atomic mass is 15.1. The van der Waals surface area contributed by atoms with Crippen LogP contribution in [0.1, 0.15) is 0 Å². The summed E-state index contributed by atoms with van der Waals surface area (Å²) in [5.41, 5.74) is 14.9. The molecular formula is C66H45N3. The summed E-state index contributed by atoms with van der Waals surface area (Å²) in [7, 11) is 0. The molecule has 324 valence electrons.